The molecule has 0 N–H and O–H groups in total. The maximum Gasteiger partial charge on any atom is 0.259 e. The van der Waals surface area contributed by atoms with Crippen molar-refractivity contribution in [3.05, 3.63) is 58.1 Å². The number of rotatable bonds is 5. The van der Waals surface area contributed by atoms with Crippen LogP contribution in [-0.4, -0.2) is 39.3 Å². The molecule has 0 aromatic heterocycles. The summed E-state index contributed by atoms with van der Waals surface area (Å²) in [7, 11) is -0.769. The molecule has 5 nitrogen and oxygen atoms in total. The summed E-state index contributed by atoms with van der Waals surface area (Å²) in [5.74, 6) is -0.335. The molecule has 2 aromatic rings. The van der Waals surface area contributed by atoms with Crippen LogP contribution < -0.4 is 4.90 Å². The van der Waals surface area contributed by atoms with Crippen LogP contribution in [0.2, 0.25) is 5.02 Å². The fourth-order valence-corrected chi connectivity index (χ4v) is 3.86. The van der Waals surface area contributed by atoms with Crippen LogP contribution in [0.25, 0.3) is 0 Å². The maximum absolute atomic E-state index is 13.1. The van der Waals surface area contributed by atoms with Gasteiger partial charge in [0.15, 0.2) is 0 Å². The summed E-state index contributed by atoms with van der Waals surface area (Å²) in [6, 6.07) is 10.1. The highest BCUT2D eigenvalue weighted by Crippen LogP contribution is 2.26. The quantitative estimate of drug-likeness (QED) is 0.773. The first-order chi connectivity index (χ1) is 12.1. The van der Waals surface area contributed by atoms with Gasteiger partial charge in [-0.2, -0.15) is 0 Å². The van der Waals surface area contributed by atoms with Crippen LogP contribution in [0.1, 0.15) is 28.4 Å². The number of hydrogen-bond acceptors (Lipinski definition) is 3. The molecule has 26 heavy (non-hydrogen) atoms. The minimum absolute atomic E-state index is 0.0340. The maximum atomic E-state index is 13.1. The molecule has 140 valence electrons. The smallest absolute Gasteiger partial charge is 0.259 e. The van der Waals surface area contributed by atoms with E-state index in [0.717, 1.165) is 21.1 Å². The summed E-state index contributed by atoms with van der Waals surface area (Å²) in [6.45, 7) is 6.23. The molecule has 0 heterocycles. The lowest BCUT2D eigenvalue weighted by molar-refractivity contribution is 0.0988. The summed E-state index contributed by atoms with van der Waals surface area (Å²) < 4.78 is 25.9. The van der Waals surface area contributed by atoms with Gasteiger partial charge < -0.3 is 4.90 Å². The number of aryl methyl sites for hydroxylation is 2. The van der Waals surface area contributed by atoms with Crippen LogP contribution in [0.15, 0.2) is 41.3 Å². The van der Waals surface area contributed by atoms with Crippen LogP contribution in [0.4, 0.5) is 5.69 Å². The molecule has 0 unspecified atom stereocenters. The molecule has 1 amide bonds. The number of benzene rings is 2. The molecule has 2 rings (SSSR count). The van der Waals surface area contributed by atoms with E-state index >= 15 is 0 Å². The van der Waals surface area contributed by atoms with Crippen molar-refractivity contribution < 1.29 is 13.2 Å². The Bertz CT molecular complexity index is 920. The van der Waals surface area contributed by atoms with Gasteiger partial charge >= 0.3 is 0 Å². The Morgan fingerprint density at radius 2 is 1.62 bits per heavy atom. The van der Waals surface area contributed by atoms with Crippen molar-refractivity contribution in [1.29, 1.82) is 0 Å². The van der Waals surface area contributed by atoms with E-state index in [0.29, 0.717) is 6.54 Å². The van der Waals surface area contributed by atoms with E-state index in [9.17, 15) is 13.2 Å². The number of halogens is 1. The molecule has 0 saturated carbocycles. The summed E-state index contributed by atoms with van der Waals surface area (Å²) in [6.07, 6.45) is 0. The first kappa shape index (κ1) is 20.4. The third-order valence-corrected chi connectivity index (χ3v) is 6.17. The lowest BCUT2D eigenvalue weighted by Gasteiger charge is -2.23. The van der Waals surface area contributed by atoms with Crippen molar-refractivity contribution in [3.63, 3.8) is 0 Å². The van der Waals surface area contributed by atoms with Crippen molar-refractivity contribution in [1.82, 2.24) is 4.31 Å². The van der Waals surface area contributed by atoms with E-state index in [1.54, 1.807) is 4.90 Å². The molecule has 0 bridgehead atoms. The van der Waals surface area contributed by atoms with E-state index in [1.165, 1.54) is 32.3 Å². The van der Waals surface area contributed by atoms with Crippen LogP contribution in [0, 0.1) is 13.8 Å². The number of anilines is 1. The highest BCUT2D eigenvalue weighted by molar-refractivity contribution is 7.89. The Morgan fingerprint density at radius 3 is 2.12 bits per heavy atom. The highest BCUT2D eigenvalue weighted by atomic mass is 35.5. The molecule has 0 aliphatic heterocycles. The molecular weight excluding hydrogens is 372 g/mol. The molecule has 0 aliphatic carbocycles. The van der Waals surface area contributed by atoms with Gasteiger partial charge in [-0.15, -0.1) is 0 Å². The zero-order valence-electron chi connectivity index (χ0n) is 15.6. The SMILES string of the molecule is CCN(C(=O)c1cc(S(=O)(=O)N(C)C)ccc1Cl)c1cc(C)cc(C)c1. The van der Waals surface area contributed by atoms with E-state index in [1.807, 2.05) is 39.0 Å². The lowest BCUT2D eigenvalue weighted by Crippen LogP contribution is -2.31. The first-order valence-corrected chi connectivity index (χ1v) is 10.0. The number of hydrogen-bond donors (Lipinski definition) is 0. The number of carbonyl (C=O) groups excluding carboxylic acids is 1. The Labute approximate surface area is 160 Å². The van der Waals surface area contributed by atoms with Crippen LogP contribution >= 0.6 is 11.6 Å². The molecule has 0 saturated heterocycles. The van der Waals surface area contributed by atoms with E-state index in [-0.39, 0.29) is 21.4 Å². The third-order valence-electron chi connectivity index (χ3n) is 4.03. The molecular formula is C19H23ClN2O3S. The molecule has 0 aliphatic rings. The van der Waals surface area contributed by atoms with Gasteiger partial charge in [0.2, 0.25) is 10.0 Å². The molecule has 0 radical (unpaired) electrons. The number of nitrogens with zero attached hydrogens (tertiary/aromatic N) is 2. The summed E-state index contributed by atoms with van der Waals surface area (Å²) >= 11 is 6.22. The lowest BCUT2D eigenvalue weighted by atomic mass is 10.1. The number of carbonyl (C=O) groups is 1. The van der Waals surface area contributed by atoms with Gasteiger partial charge in [-0.05, 0) is 62.2 Å². The van der Waals surface area contributed by atoms with Gasteiger partial charge in [0.05, 0.1) is 15.5 Å². The van der Waals surface area contributed by atoms with Crippen LogP contribution in [-0.2, 0) is 10.0 Å². The summed E-state index contributed by atoms with van der Waals surface area (Å²) in [5.41, 5.74) is 3.00. The Balaban J connectivity index is 2.54. The topological polar surface area (TPSA) is 57.7 Å². The van der Waals surface area contributed by atoms with E-state index < -0.39 is 10.0 Å². The normalized spacial score (nSPS) is 11.7. The highest BCUT2D eigenvalue weighted by Gasteiger charge is 2.24. The fraction of sp³-hybridized carbons (Fsp3) is 0.316. The summed E-state index contributed by atoms with van der Waals surface area (Å²) in [4.78, 5) is 14.7. The Hall–Kier alpha value is -1.89. The largest absolute Gasteiger partial charge is 0.309 e. The molecule has 7 heteroatoms. The second-order valence-corrected chi connectivity index (χ2v) is 8.88. The number of sulfonamides is 1. The van der Waals surface area contributed by atoms with Crippen molar-refractivity contribution in [2.24, 2.45) is 0 Å². The molecule has 0 spiro atoms. The van der Waals surface area contributed by atoms with Crippen molar-refractivity contribution in [2.45, 2.75) is 25.7 Å². The minimum Gasteiger partial charge on any atom is -0.309 e. The van der Waals surface area contributed by atoms with Crippen molar-refractivity contribution in [2.75, 3.05) is 25.5 Å². The zero-order valence-corrected chi connectivity index (χ0v) is 17.1. The molecule has 0 atom stereocenters. The van der Waals surface area contributed by atoms with Crippen molar-refractivity contribution in [3.8, 4) is 0 Å². The Morgan fingerprint density at radius 1 is 1.04 bits per heavy atom. The molecule has 0 fully saturated rings. The predicted molar refractivity (Wildman–Crippen MR) is 106 cm³/mol. The van der Waals surface area contributed by atoms with Crippen LogP contribution in [0.3, 0.4) is 0 Å². The van der Waals surface area contributed by atoms with Gasteiger partial charge in [-0.1, -0.05) is 17.7 Å². The van der Waals surface area contributed by atoms with Gasteiger partial charge in [-0.25, -0.2) is 12.7 Å². The number of amides is 1. The minimum atomic E-state index is -3.66. The second-order valence-electron chi connectivity index (χ2n) is 6.32. The summed E-state index contributed by atoms with van der Waals surface area (Å²) in [5, 5.41) is 0.218. The average Bonchev–Trinajstić information content (AvgIpc) is 2.54. The zero-order chi connectivity index (χ0) is 19.6. The average molecular weight is 395 g/mol. The van der Waals surface area contributed by atoms with Gasteiger partial charge in [0, 0.05) is 26.3 Å². The van der Waals surface area contributed by atoms with Gasteiger partial charge in [-0.3, -0.25) is 4.79 Å². The second kappa shape index (κ2) is 7.78. The fourth-order valence-electron chi connectivity index (χ4n) is 2.73. The predicted octanol–water partition coefficient (Wildman–Crippen LogP) is 3.87. The van der Waals surface area contributed by atoms with Crippen LogP contribution in [0.5, 0.6) is 0 Å². The molecule has 2 aromatic carbocycles. The standard InChI is InChI=1S/C19H23ClN2O3S/c1-6-22(15-10-13(2)9-14(3)11-15)19(23)17-12-16(7-8-18(17)20)26(24,25)21(4)5/h7-12H,6H2,1-5H3. The third kappa shape index (κ3) is 4.09. The van der Waals surface area contributed by atoms with E-state index in [4.69, 9.17) is 11.6 Å². The monoisotopic (exact) mass is 394 g/mol. The first-order valence-electron chi connectivity index (χ1n) is 8.20. The van der Waals surface area contributed by atoms with Gasteiger partial charge in [0.1, 0.15) is 0 Å². The van der Waals surface area contributed by atoms with E-state index in [2.05, 4.69) is 0 Å². The van der Waals surface area contributed by atoms with Crippen molar-refractivity contribution >= 4 is 33.2 Å². The van der Waals surface area contributed by atoms with Gasteiger partial charge in [0.25, 0.3) is 5.91 Å². The Kier molecular flexibility index (Phi) is 6.11.